The van der Waals surface area contributed by atoms with Crippen molar-refractivity contribution in [2.75, 3.05) is 0 Å². The number of thioether (sulfide) groups is 1. The Balaban J connectivity index is 1.39. The van der Waals surface area contributed by atoms with E-state index in [1.54, 1.807) is 36.5 Å². The number of nitrogens with zero attached hydrogens (tertiary/aromatic N) is 4. The molecule has 1 N–H and O–H groups in total. The van der Waals surface area contributed by atoms with Gasteiger partial charge < -0.3 is 9.73 Å². The van der Waals surface area contributed by atoms with E-state index in [0.29, 0.717) is 24.4 Å². The molecule has 7 nitrogen and oxygen atoms in total. The number of carbonyl (C=O) groups excluding carboxylic acids is 1. The first-order valence-electron chi connectivity index (χ1n) is 9.71. The van der Waals surface area contributed by atoms with Gasteiger partial charge in [0.05, 0.1) is 12.8 Å². The van der Waals surface area contributed by atoms with Crippen molar-refractivity contribution >= 4 is 17.7 Å². The first-order valence-corrected chi connectivity index (χ1v) is 10.7. The highest BCUT2D eigenvalue weighted by atomic mass is 32.2. The molecule has 0 radical (unpaired) electrons. The van der Waals surface area contributed by atoms with E-state index >= 15 is 0 Å². The van der Waals surface area contributed by atoms with Gasteiger partial charge in [0.1, 0.15) is 5.76 Å². The number of furan rings is 1. The smallest absolute Gasteiger partial charge is 0.251 e. The van der Waals surface area contributed by atoms with Gasteiger partial charge in [-0.3, -0.25) is 14.3 Å². The van der Waals surface area contributed by atoms with Crippen LogP contribution >= 0.6 is 11.8 Å². The van der Waals surface area contributed by atoms with Crippen LogP contribution in [-0.2, 0) is 18.8 Å². The zero-order chi connectivity index (χ0) is 21.5. The van der Waals surface area contributed by atoms with Crippen molar-refractivity contribution in [1.29, 1.82) is 0 Å². The molecule has 0 spiro atoms. The van der Waals surface area contributed by atoms with Crippen LogP contribution in [0.2, 0.25) is 0 Å². The second kappa shape index (κ2) is 9.90. The maximum Gasteiger partial charge on any atom is 0.251 e. The van der Waals surface area contributed by atoms with Gasteiger partial charge in [-0.05, 0) is 42.0 Å². The van der Waals surface area contributed by atoms with Gasteiger partial charge in [0.25, 0.3) is 5.91 Å². The quantitative estimate of drug-likeness (QED) is 0.313. The standard InChI is InChI=1S/C23H21N5O2S/c1-2-13-28-21(18-9-11-24-12-10-18)26-27-23(28)31-16-17-5-7-19(8-6-17)22(29)25-15-20-4-3-14-30-20/h2-12,14H,1,13,15-16H2,(H,25,29). The fraction of sp³-hybridized carbons (Fsp3) is 0.130. The second-order valence-electron chi connectivity index (χ2n) is 6.69. The van der Waals surface area contributed by atoms with Gasteiger partial charge in [-0.15, -0.1) is 16.8 Å². The fourth-order valence-electron chi connectivity index (χ4n) is 2.99. The van der Waals surface area contributed by atoms with Crippen LogP contribution in [0, 0.1) is 0 Å². The van der Waals surface area contributed by atoms with Crippen molar-refractivity contribution in [2.45, 2.75) is 24.0 Å². The monoisotopic (exact) mass is 431 g/mol. The predicted octanol–water partition coefficient (Wildman–Crippen LogP) is 4.34. The minimum Gasteiger partial charge on any atom is -0.467 e. The Labute approximate surface area is 184 Å². The van der Waals surface area contributed by atoms with Crippen LogP contribution in [0.15, 0.2) is 89.4 Å². The van der Waals surface area contributed by atoms with Crippen molar-refractivity contribution in [1.82, 2.24) is 25.1 Å². The van der Waals surface area contributed by atoms with Crippen molar-refractivity contribution in [3.05, 3.63) is 96.7 Å². The third-order valence-electron chi connectivity index (χ3n) is 4.55. The molecule has 156 valence electrons. The van der Waals surface area contributed by atoms with Gasteiger partial charge in [-0.1, -0.05) is 30.0 Å². The fourth-order valence-corrected chi connectivity index (χ4v) is 3.89. The number of aromatic nitrogens is 4. The number of allylic oxidation sites excluding steroid dienone is 1. The number of benzene rings is 1. The summed E-state index contributed by atoms with van der Waals surface area (Å²) in [5, 5.41) is 12.4. The number of hydrogen-bond donors (Lipinski definition) is 1. The number of pyridine rings is 1. The van der Waals surface area contributed by atoms with Crippen molar-refractivity contribution in [3.8, 4) is 11.4 Å². The van der Waals surface area contributed by atoms with E-state index in [9.17, 15) is 4.79 Å². The molecule has 0 fully saturated rings. The van der Waals surface area contributed by atoms with Crippen LogP contribution < -0.4 is 5.32 Å². The Bertz CT molecular complexity index is 1140. The van der Waals surface area contributed by atoms with E-state index in [4.69, 9.17) is 4.42 Å². The Morgan fingerprint density at radius 1 is 1.13 bits per heavy atom. The molecular weight excluding hydrogens is 410 g/mol. The number of carbonyl (C=O) groups is 1. The second-order valence-corrected chi connectivity index (χ2v) is 7.63. The van der Waals surface area contributed by atoms with Crippen LogP contribution in [0.5, 0.6) is 0 Å². The molecule has 1 amide bonds. The minimum absolute atomic E-state index is 0.136. The zero-order valence-corrected chi connectivity index (χ0v) is 17.6. The largest absolute Gasteiger partial charge is 0.467 e. The van der Waals surface area contributed by atoms with E-state index in [1.807, 2.05) is 53.1 Å². The molecule has 31 heavy (non-hydrogen) atoms. The first kappa shape index (κ1) is 20.6. The SMILES string of the molecule is C=CCn1c(SCc2ccc(C(=O)NCc3ccco3)cc2)nnc1-c1ccncc1. The third kappa shape index (κ3) is 5.10. The first-order chi connectivity index (χ1) is 15.2. The lowest BCUT2D eigenvalue weighted by molar-refractivity contribution is 0.0948. The van der Waals surface area contributed by atoms with Crippen molar-refractivity contribution < 1.29 is 9.21 Å². The highest BCUT2D eigenvalue weighted by molar-refractivity contribution is 7.98. The maximum atomic E-state index is 12.3. The van der Waals surface area contributed by atoms with Gasteiger partial charge in [0.15, 0.2) is 11.0 Å². The Morgan fingerprint density at radius 2 is 1.94 bits per heavy atom. The number of amides is 1. The van der Waals surface area contributed by atoms with Crippen molar-refractivity contribution in [3.63, 3.8) is 0 Å². The van der Waals surface area contributed by atoms with Gasteiger partial charge in [-0.25, -0.2) is 0 Å². The van der Waals surface area contributed by atoms with Crippen molar-refractivity contribution in [2.24, 2.45) is 0 Å². The van der Waals surface area contributed by atoms with E-state index in [0.717, 1.165) is 27.9 Å². The van der Waals surface area contributed by atoms with Crippen LogP contribution in [0.25, 0.3) is 11.4 Å². The molecule has 0 saturated heterocycles. The van der Waals surface area contributed by atoms with E-state index in [-0.39, 0.29) is 5.91 Å². The summed E-state index contributed by atoms with van der Waals surface area (Å²) in [6.07, 6.45) is 6.89. The lowest BCUT2D eigenvalue weighted by atomic mass is 10.1. The summed E-state index contributed by atoms with van der Waals surface area (Å²) in [6.45, 7) is 4.82. The van der Waals surface area contributed by atoms with E-state index in [1.165, 1.54) is 0 Å². The Kier molecular flexibility index (Phi) is 6.59. The third-order valence-corrected chi connectivity index (χ3v) is 5.59. The molecule has 0 atom stereocenters. The lowest BCUT2D eigenvalue weighted by Crippen LogP contribution is -2.22. The Hall–Kier alpha value is -3.65. The molecule has 0 saturated carbocycles. The van der Waals surface area contributed by atoms with Gasteiger partial charge in [0.2, 0.25) is 0 Å². The number of nitrogens with one attached hydrogen (secondary N) is 1. The topological polar surface area (TPSA) is 85.8 Å². The summed E-state index contributed by atoms with van der Waals surface area (Å²) in [7, 11) is 0. The average molecular weight is 432 g/mol. The summed E-state index contributed by atoms with van der Waals surface area (Å²) in [5.41, 5.74) is 2.66. The molecule has 3 heterocycles. The average Bonchev–Trinajstić information content (AvgIpc) is 3.47. The lowest BCUT2D eigenvalue weighted by Gasteiger charge is -2.08. The molecule has 3 aromatic heterocycles. The van der Waals surface area contributed by atoms with Crippen LogP contribution in [0.4, 0.5) is 0 Å². The molecule has 8 heteroatoms. The summed E-state index contributed by atoms with van der Waals surface area (Å²) >= 11 is 1.59. The predicted molar refractivity (Wildman–Crippen MR) is 119 cm³/mol. The minimum atomic E-state index is -0.136. The molecule has 0 aliphatic heterocycles. The summed E-state index contributed by atoms with van der Waals surface area (Å²) in [6, 6.07) is 15.0. The highest BCUT2D eigenvalue weighted by Crippen LogP contribution is 2.26. The highest BCUT2D eigenvalue weighted by Gasteiger charge is 2.14. The van der Waals surface area contributed by atoms with Crippen LogP contribution in [0.1, 0.15) is 21.7 Å². The van der Waals surface area contributed by atoms with Crippen LogP contribution in [-0.4, -0.2) is 25.7 Å². The van der Waals surface area contributed by atoms with Gasteiger partial charge in [0, 0.05) is 35.8 Å². The van der Waals surface area contributed by atoms with Crippen LogP contribution in [0.3, 0.4) is 0 Å². The molecular formula is C23H21N5O2S. The molecule has 4 rings (SSSR count). The van der Waals surface area contributed by atoms with Gasteiger partial charge in [-0.2, -0.15) is 0 Å². The number of rotatable bonds is 9. The molecule has 0 bridgehead atoms. The normalized spacial score (nSPS) is 10.7. The summed E-state index contributed by atoms with van der Waals surface area (Å²) in [5.74, 6) is 2.08. The zero-order valence-electron chi connectivity index (χ0n) is 16.8. The molecule has 0 aliphatic carbocycles. The Morgan fingerprint density at radius 3 is 2.65 bits per heavy atom. The summed E-state index contributed by atoms with van der Waals surface area (Å²) in [4.78, 5) is 16.3. The number of hydrogen-bond acceptors (Lipinski definition) is 6. The van der Waals surface area contributed by atoms with E-state index in [2.05, 4.69) is 27.1 Å². The van der Waals surface area contributed by atoms with Gasteiger partial charge >= 0.3 is 0 Å². The van der Waals surface area contributed by atoms with E-state index < -0.39 is 0 Å². The molecule has 1 aromatic carbocycles. The molecule has 4 aromatic rings. The molecule has 0 aliphatic rings. The maximum absolute atomic E-state index is 12.3. The molecule has 0 unspecified atom stereocenters. The summed E-state index contributed by atoms with van der Waals surface area (Å²) < 4.78 is 7.26.